The van der Waals surface area contributed by atoms with E-state index in [-0.39, 0.29) is 5.91 Å². The summed E-state index contributed by atoms with van der Waals surface area (Å²) in [5, 5.41) is 0. The van der Waals surface area contributed by atoms with Gasteiger partial charge >= 0.3 is 6.09 Å². The van der Waals surface area contributed by atoms with Crippen molar-refractivity contribution in [1.29, 1.82) is 0 Å². The number of amides is 2. The number of ether oxygens (including phenoxy) is 1. The Hall–Kier alpha value is -1.32. The quantitative estimate of drug-likeness (QED) is 0.693. The molecule has 1 atom stereocenters. The summed E-state index contributed by atoms with van der Waals surface area (Å²) in [4.78, 5) is 24.6. The maximum absolute atomic E-state index is 11.9. The summed E-state index contributed by atoms with van der Waals surface area (Å²) in [6.07, 6.45) is 8.48. The average molecular weight is 237 g/mol. The van der Waals surface area contributed by atoms with Crippen molar-refractivity contribution in [3.63, 3.8) is 0 Å². The normalized spacial score (nSPS) is 28.5. The molecule has 0 saturated carbocycles. The molecule has 0 N–H and O–H groups in total. The number of allylic oxidation sites excluding steroid dienone is 1. The van der Waals surface area contributed by atoms with Gasteiger partial charge in [0.2, 0.25) is 5.91 Å². The van der Waals surface area contributed by atoms with E-state index < -0.39 is 11.7 Å². The predicted octanol–water partition coefficient (Wildman–Crippen LogP) is 2.63. The Labute approximate surface area is 102 Å². The third kappa shape index (κ3) is 2.51. The fourth-order valence-electron chi connectivity index (χ4n) is 2.42. The van der Waals surface area contributed by atoms with Crippen LogP contribution in [-0.2, 0) is 9.53 Å². The molecular weight excluding hydrogens is 218 g/mol. The first-order valence-corrected chi connectivity index (χ1v) is 6.38. The lowest BCUT2D eigenvalue weighted by atomic mass is 9.88. The lowest BCUT2D eigenvalue weighted by molar-refractivity contribution is -0.127. The van der Waals surface area contributed by atoms with Crippen molar-refractivity contribution in [2.24, 2.45) is 0 Å². The van der Waals surface area contributed by atoms with Crippen LogP contribution >= 0.6 is 0 Å². The minimum Gasteiger partial charge on any atom is -0.438 e. The van der Waals surface area contributed by atoms with E-state index in [9.17, 15) is 9.59 Å². The number of likely N-dealkylation sites (tertiary alicyclic amines) is 1. The van der Waals surface area contributed by atoms with Crippen molar-refractivity contribution in [2.75, 3.05) is 6.54 Å². The standard InChI is InChI=1S/C13H19NO3/c1-2-13(8-4-3-5-9-13)17-12(16)14-10-6-7-11(14)15/h4,8H,2-3,5-7,9-10H2,1H3. The van der Waals surface area contributed by atoms with Crippen LogP contribution in [0.5, 0.6) is 0 Å². The Morgan fingerprint density at radius 2 is 2.35 bits per heavy atom. The maximum Gasteiger partial charge on any atom is 0.417 e. The van der Waals surface area contributed by atoms with E-state index in [0.29, 0.717) is 13.0 Å². The second-order valence-corrected chi connectivity index (χ2v) is 4.73. The molecule has 0 radical (unpaired) electrons. The molecule has 17 heavy (non-hydrogen) atoms. The zero-order valence-corrected chi connectivity index (χ0v) is 10.3. The Bertz CT molecular complexity index is 351. The van der Waals surface area contributed by atoms with Gasteiger partial charge in [0.05, 0.1) is 0 Å². The number of carbonyl (C=O) groups excluding carboxylic acids is 2. The molecule has 2 aliphatic rings. The van der Waals surface area contributed by atoms with E-state index >= 15 is 0 Å². The van der Waals surface area contributed by atoms with Gasteiger partial charge in [-0.3, -0.25) is 4.79 Å². The molecule has 2 amide bonds. The Balaban J connectivity index is 2.03. The molecule has 1 saturated heterocycles. The second-order valence-electron chi connectivity index (χ2n) is 4.73. The molecule has 94 valence electrons. The Kier molecular flexibility index (Phi) is 3.50. The van der Waals surface area contributed by atoms with Crippen molar-refractivity contribution in [2.45, 2.75) is 51.0 Å². The van der Waals surface area contributed by atoms with Gasteiger partial charge in [0, 0.05) is 13.0 Å². The summed E-state index contributed by atoms with van der Waals surface area (Å²) in [6, 6.07) is 0. The highest BCUT2D eigenvalue weighted by Gasteiger charge is 2.35. The predicted molar refractivity (Wildman–Crippen MR) is 63.4 cm³/mol. The lowest BCUT2D eigenvalue weighted by Gasteiger charge is -2.33. The second kappa shape index (κ2) is 4.90. The average Bonchev–Trinajstić information content (AvgIpc) is 2.77. The monoisotopic (exact) mass is 237 g/mol. The van der Waals surface area contributed by atoms with Crippen LogP contribution < -0.4 is 0 Å². The van der Waals surface area contributed by atoms with Crippen molar-refractivity contribution in [3.8, 4) is 0 Å². The van der Waals surface area contributed by atoms with Gasteiger partial charge in [0.25, 0.3) is 0 Å². The van der Waals surface area contributed by atoms with Crippen LogP contribution in [0.3, 0.4) is 0 Å². The summed E-state index contributed by atoms with van der Waals surface area (Å²) >= 11 is 0. The van der Waals surface area contributed by atoms with E-state index in [1.165, 1.54) is 4.90 Å². The zero-order valence-electron chi connectivity index (χ0n) is 10.3. The van der Waals surface area contributed by atoms with E-state index in [2.05, 4.69) is 6.08 Å². The molecule has 0 aromatic rings. The number of rotatable bonds is 2. The van der Waals surface area contributed by atoms with Crippen molar-refractivity contribution in [3.05, 3.63) is 12.2 Å². The third-order valence-corrected chi connectivity index (χ3v) is 3.58. The minimum atomic E-state index is -0.488. The molecule has 0 bridgehead atoms. The molecule has 4 nitrogen and oxygen atoms in total. The van der Waals surface area contributed by atoms with Gasteiger partial charge in [-0.2, -0.15) is 0 Å². The van der Waals surface area contributed by atoms with Crippen molar-refractivity contribution < 1.29 is 14.3 Å². The minimum absolute atomic E-state index is 0.110. The largest absolute Gasteiger partial charge is 0.438 e. The van der Waals surface area contributed by atoms with E-state index in [1.54, 1.807) is 0 Å². The van der Waals surface area contributed by atoms with E-state index in [4.69, 9.17) is 4.74 Å². The highest BCUT2D eigenvalue weighted by molar-refractivity contribution is 5.93. The van der Waals surface area contributed by atoms with Crippen LogP contribution in [-0.4, -0.2) is 29.0 Å². The summed E-state index contributed by atoms with van der Waals surface area (Å²) < 4.78 is 5.56. The molecule has 2 rings (SSSR count). The SMILES string of the molecule is CCC1(OC(=O)N2CCCC2=O)C=CCCC1. The summed E-state index contributed by atoms with van der Waals surface area (Å²) in [5.41, 5.74) is -0.488. The fraction of sp³-hybridized carbons (Fsp3) is 0.692. The first-order valence-electron chi connectivity index (χ1n) is 6.38. The first-order chi connectivity index (χ1) is 8.17. The van der Waals surface area contributed by atoms with Crippen LogP contribution in [0.25, 0.3) is 0 Å². The Morgan fingerprint density at radius 3 is 2.88 bits per heavy atom. The first kappa shape index (κ1) is 12.1. The highest BCUT2D eigenvalue weighted by Crippen LogP contribution is 2.30. The molecule has 0 aromatic heterocycles. The van der Waals surface area contributed by atoms with Gasteiger partial charge in [-0.05, 0) is 38.2 Å². The van der Waals surface area contributed by atoms with Crippen LogP contribution in [0.1, 0.15) is 45.4 Å². The lowest BCUT2D eigenvalue weighted by Crippen LogP contribution is -2.41. The molecule has 1 heterocycles. The maximum atomic E-state index is 11.9. The molecule has 0 spiro atoms. The molecular formula is C13H19NO3. The van der Waals surface area contributed by atoms with Crippen LogP contribution in [0, 0.1) is 0 Å². The molecule has 1 aliphatic heterocycles. The van der Waals surface area contributed by atoms with Gasteiger partial charge in [-0.1, -0.05) is 13.0 Å². The van der Waals surface area contributed by atoms with E-state index in [0.717, 1.165) is 32.1 Å². The third-order valence-electron chi connectivity index (χ3n) is 3.58. The number of nitrogens with zero attached hydrogens (tertiary/aromatic N) is 1. The number of hydrogen-bond donors (Lipinski definition) is 0. The number of hydrogen-bond acceptors (Lipinski definition) is 3. The molecule has 1 aliphatic carbocycles. The van der Waals surface area contributed by atoms with Crippen LogP contribution in [0.4, 0.5) is 4.79 Å². The Morgan fingerprint density at radius 1 is 1.53 bits per heavy atom. The van der Waals surface area contributed by atoms with Crippen molar-refractivity contribution >= 4 is 12.0 Å². The van der Waals surface area contributed by atoms with Gasteiger partial charge in [-0.25, -0.2) is 9.69 Å². The summed E-state index contributed by atoms with van der Waals surface area (Å²) in [6.45, 7) is 2.51. The van der Waals surface area contributed by atoms with Gasteiger partial charge in [0.15, 0.2) is 0 Å². The fourth-order valence-corrected chi connectivity index (χ4v) is 2.42. The van der Waals surface area contributed by atoms with E-state index in [1.807, 2.05) is 13.0 Å². The summed E-state index contributed by atoms with van der Waals surface area (Å²) in [7, 11) is 0. The number of carbonyl (C=O) groups is 2. The topological polar surface area (TPSA) is 46.6 Å². The van der Waals surface area contributed by atoms with Crippen LogP contribution in [0.15, 0.2) is 12.2 Å². The molecule has 1 unspecified atom stereocenters. The van der Waals surface area contributed by atoms with Crippen molar-refractivity contribution in [1.82, 2.24) is 4.90 Å². The smallest absolute Gasteiger partial charge is 0.417 e. The van der Waals surface area contributed by atoms with Gasteiger partial charge in [0.1, 0.15) is 5.60 Å². The molecule has 0 aromatic carbocycles. The molecule has 1 fully saturated rings. The van der Waals surface area contributed by atoms with Crippen LogP contribution in [0.2, 0.25) is 0 Å². The molecule has 4 heteroatoms. The number of imide groups is 1. The van der Waals surface area contributed by atoms with Gasteiger partial charge in [-0.15, -0.1) is 0 Å². The van der Waals surface area contributed by atoms with Gasteiger partial charge < -0.3 is 4.74 Å². The summed E-state index contributed by atoms with van der Waals surface area (Å²) in [5.74, 6) is -0.110. The zero-order chi connectivity index (χ0) is 12.3. The highest BCUT2D eigenvalue weighted by atomic mass is 16.6.